The van der Waals surface area contributed by atoms with E-state index in [1.54, 1.807) is 43.5 Å². The van der Waals surface area contributed by atoms with Crippen molar-refractivity contribution < 1.29 is 19.1 Å². The normalized spacial score (nSPS) is 10.7. The molecule has 0 spiro atoms. The van der Waals surface area contributed by atoms with Crippen LogP contribution in [0.25, 0.3) is 16.7 Å². The van der Waals surface area contributed by atoms with Crippen LogP contribution >= 0.6 is 11.8 Å². The number of anilines is 1. The van der Waals surface area contributed by atoms with Gasteiger partial charge in [0.25, 0.3) is 5.56 Å². The minimum absolute atomic E-state index is 0.00992. The molecule has 168 valence electrons. The van der Waals surface area contributed by atoms with Crippen LogP contribution in [0, 0.1) is 0 Å². The Morgan fingerprint density at radius 1 is 1.12 bits per heavy atom. The van der Waals surface area contributed by atoms with E-state index >= 15 is 0 Å². The lowest BCUT2D eigenvalue weighted by atomic mass is 10.2. The SMILES string of the molecule is COC(=O)c1ccc(NC(=O)CSc2nc3c(cnn3-c3ccccc3OC)c(=O)[nH]2)cc1. The van der Waals surface area contributed by atoms with E-state index in [4.69, 9.17) is 4.74 Å². The van der Waals surface area contributed by atoms with Crippen molar-refractivity contribution in [2.45, 2.75) is 5.16 Å². The van der Waals surface area contributed by atoms with Gasteiger partial charge in [-0.1, -0.05) is 23.9 Å². The Labute approximate surface area is 191 Å². The first-order chi connectivity index (χ1) is 16.0. The lowest BCUT2D eigenvalue weighted by Gasteiger charge is -2.09. The molecule has 0 radical (unpaired) electrons. The van der Waals surface area contributed by atoms with Gasteiger partial charge in [-0.3, -0.25) is 9.59 Å². The molecule has 1 amide bonds. The molecule has 0 fully saturated rings. The number of nitrogens with zero attached hydrogens (tertiary/aromatic N) is 3. The van der Waals surface area contributed by atoms with Crippen LogP contribution in [-0.2, 0) is 9.53 Å². The number of esters is 1. The van der Waals surface area contributed by atoms with Crippen LogP contribution in [0.4, 0.5) is 5.69 Å². The Morgan fingerprint density at radius 3 is 2.61 bits per heavy atom. The zero-order chi connectivity index (χ0) is 23.4. The van der Waals surface area contributed by atoms with Crippen molar-refractivity contribution in [1.82, 2.24) is 19.7 Å². The van der Waals surface area contributed by atoms with Gasteiger partial charge < -0.3 is 19.8 Å². The molecule has 2 aromatic heterocycles. The summed E-state index contributed by atoms with van der Waals surface area (Å²) in [6, 6.07) is 13.6. The number of fused-ring (bicyclic) bond motifs is 1. The molecule has 2 aromatic carbocycles. The number of hydrogen-bond acceptors (Lipinski definition) is 8. The first kappa shape index (κ1) is 22.1. The van der Waals surface area contributed by atoms with Gasteiger partial charge in [0.2, 0.25) is 5.91 Å². The molecule has 0 aliphatic heterocycles. The third-order valence-electron chi connectivity index (χ3n) is 4.66. The van der Waals surface area contributed by atoms with Crippen molar-refractivity contribution >= 4 is 40.4 Å². The topological polar surface area (TPSA) is 128 Å². The molecule has 0 aliphatic carbocycles. The van der Waals surface area contributed by atoms with Gasteiger partial charge in [-0.05, 0) is 36.4 Å². The largest absolute Gasteiger partial charge is 0.494 e. The Hall–Kier alpha value is -4.12. The van der Waals surface area contributed by atoms with Gasteiger partial charge in [-0.2, -0.15) is 5.10 Å². The van der Waals surface area contributed by atoms with Gasteiger partial charge in [-0.15, -0.1) is 0 Å². The van der Waals surface area contributed by atoms with Gasteiger partial charge >= 0.3 is 5.97 Å². The third-order valence-corrected chi connectivity index (χ3v) is 5.53. The van der Waals surface area contributed by atoms with E-state index in [0.717, 1.165) is 11.8 Å². The summed E-state index contributed by atoms with van der Waals surface area (Å²) in [5, 5.41) is 7.61. The number of aromatic nitrogens is 4. The highest BCUT2D eigenvalue weighted by molar-refractivity contribution is 7.99. The summed E-state index contributed by atoms with van der Waals surface area (Å²) in [6.45, 7) is 0. The van der Waals surface area contributed by atoms with Crippen molar-refractivity contribution in [3.8, 4) is 11.4 Å². The number of ether oxygens (including phenoxy) is 2. The molecule has 0 aliphatic rings. The summed E-state index contributed by atoms with van der Waals surface area (Å²) in [5.74, 6) is -0.167. The van der Waals surface area contributed by atoms with Gasteiger partial charge in [0.1, 0.15) is 16.8 Å². The number of rotatable bonds is 7. The number of hydrogen-bond donors (Lipinski definition) is 2. The zero-order valence-electron chi connectivity index (χ0n) is 17.7. The summed E-state index contributed by atoms with van der Waals surface area (Å²) < 4.78 is 11.6. The fraction of sp³-hybridized carbons (Fsp3) is 0.136. The lowest BCUT2D eigenvalue weighted by Crippen LogP contribution is -2.16. The average Bonchev–Trinajstić information content (AvgIpc) is 3.27. The minimum atomic E-state index is -0.457. The maximum absolute atomic E-state index is 12.5. The van der Waals surface area contributed by atoms with E-state index in [0.29, 0.717) is 33.7 Å². The second-order valence-corrected chi connectivity index (χ2v) is 7.71. The van der Waals surface area contributed by atoms with Crippen LogP contribution in [-0.4, -0.2) is 51.6 Å². The molecule has 2 N–H and O–H groups in total. The van der Waals surface area contributed by atoms with E-state index in [9.17, 15) is 14.4 Å². The Bertz CT molecular complexity index is 1380. The molecule has 4 rings (SSSR count). The number of benzene rings is 2. The predicted molar refractivity (Wildman–Crippen MR) is 123 cm³/mol. The average molecular weight is 465 g/mol. The standard InChI is InChI=1S/C22H19N5O5S/c1-31-17-6-4-3-5-16(17)27-19-15(11-23-27)20(29)26-22(25-19)33-12-18(28)24-14-9-7-13(8-10-14)21(30)32-2/h3-11H,12H2,1-2H3,(H,24,28)(H,25,26,29). The zero-order valence-corrected chi connectivity index (χ0v) is 18.5. The number of para-hydroxylation sites is 2. The molecule has 2 heterocycles. The molecule has 11 heteroatoms. The predicted octanol–water partition coefficient (Wildman–Crippen LogP) is 2.63. The molecule has 33 heavy (non-hydrogen) atoms. The number of nitrogens with one attached hydrogen (secondary N) is 2. The number of carbonyl (C=O) groups is 2. The monoisotopic (exact) mass is 465 g/mol. The number of H-pyrrole nitrogens is 1. The van der Waals surface area contributed by atoms with Crippen molar-refractivity contribution in [3.63, 3.8) is 0 Å². The second-order valence-electron chi connectivity index (χ2n) is 6.74. The fourth-order valence-corrected chi connectivity index (χ4v) is 3.74. The third kappa shape index (κ3) is 4.72. The van der Waals surface area contributed by atoms with E-state index in [1.165, 1.54) is 18.0 Å². The van der Waals surface area contributed by atoms with Gasteiger partial charge in [0, 0.05) is 5.69 Å². The highest BCUT2D eigenvalue weighted by Crippen LogP contribution is 2.25. The van der Waals surface area contributed by atoms with Crippen molar-refractivity contribution in [3.05, 3.63) is 70.6 Å². The first-order valence-corrected chi connectivity index (χ1v) is 10.7. The summed E-state index contributed by atoms with van der Waals surface area (Å²) in [6.07, 6.45) is 1.44. The van der Waals surface area contributed by atoms with Crippen LogP contribution in [0.1, 0.15) is 10.4 Å². The maximum atomic E-state index is 12.5. The van der Waals surface area contributed by atoms with Gasteiger partial charge in [-0.25, -0.2) is 14.5 Å². The van der Waals surface area contributed by atoms with Crippen LogP contribution in [0.15, 0.2) is 64.7 Å². The quantitative estimate of drug-likeness (QED) is 0.242. The van der Waals surface area contributed by atoms with E-state index in [-0.39, 0.29) is 22.4 Å². The molecule has 0 unspecified atom stereocenters. The number of amides is 1. The number of aromatic amines is 1. The summed E-state index contributed by atoms with van der Waals surface area (Å²) in [7, 11) is 2.85. The summed E-state index contributed by atoms with van der Waals surface area (Å²) in [4.78, 5) is 43.5. The number of thioether (sulfide) groups is 1. The molecule has 0 saturated carbocycles. The minimum Gasteiger partial charge on any atom is -0.494 e. The van der Waals surface area contributed by atoms with E-state index < -0.39 is 5.97 Å². The first-order valence-electron chi connectivity index (χ1n) is 9.72. The number of carbonyl (C=O) groups excluding carboxylic acids is 2. The summed E-state index contributed by atoms with van der Waals surface area (Å²) >= 11 is 1.08. The second kappa shape index (κ2) is 9.57. The van der Waals surface area contributed by atoms with Crippen LogP contribution in [0.2, 0.25) is 0 Å². The van der Waals surface area contributed by atoms with Gasteiger partial charge in [0.05, 0.1) is 31.7 Å². The fourth-order valence-electron chi connectivity index (χ4n) is 3.09. The highest BCUT2D eigenvalue weighted by Gasteiger charge is 2.15. The van der Waals surface area contributed by atoms with Crippen molar-refractivity contribution in [1.29, 1.82) is 0 Å². The summed E-state index contributed by atoms with van der Waals surface area (Å²) in [5.41, 5.74) is 1.54. The molecule has 0 saturated heterocycles. The van der Waals surface area contributed by atoms with Crippen molar-refractivity contribution in [2.75, 3.05) is 25.3 Å². The van der Waals surface area contributed by atoms with Gasteiger partial charge in [0.15, 0.2) is 10.8 Å². The molecule has 0 atom stereocenters. The van der Waals surface area contributed by atoms with Crippen molar-refractivity contribution in [2.24, 2.45) is 0 Å². The smallest absolute Gasteiger partial charge is 0.337 e. The maximum Gasteiger partial charge on any atom is 0.337 e. The molecular weight excluding hydrogens is 446 g/mol. The Balaban J connectivity index is 1.50. The van der Waals surface area contributed by atoms with Crippen LogP contribution in [0.3, 0.4) is 0 Å². The van der Waals surface area contributed by atoms with Crippen LogP contribution in [0.5, 0.6) is 5.75 Å². The van der Waals surface area contributed by atoms with E-state index in [1.807, 2.05) is 12.1 Å². The Morgan fingerprint density at radius 2 is 1.88 bits per heavy atom. The lowest BCUT2D eigenvalue weighted by molar-refractivity contribution is -0.113. The molecule has 10 nitrogen and oxygen atoms in total. The molecule has 4 aromatic rings. The Kier molecular flexibility index (Phi) is 6.41. The number of methoxy groups -OCH3 is 2. The molecule has 0 bridgehead atoms. The van der Waals surface area contributed by atoms with E-state index in [2.05, 4.69) is 25.1 Å². The molecular formula is C22H19N5O5S. The highest BCUT2D eigenvalue weighted by atomic mass is 32.2. The van der Waals surface area contributed by atoms with Crippen LogP contribution < -0.4 is 15.6 Å².